The molecule has 0 aromatic heterocycles. The van der Waals surface area contributed by atoms with Crippen molar-refractivity contribution in [3.8, 4) is 0 Å². The number of hydrogen-bond donors (Lipinski definition) is 2. The molecule has 0 aliphatic rings. The number of hydrogen-bond acceptors (Lipinski definition) is 2. The van der Waals surface area contributed by atoms with Crippen molar-refractivity contribution in [2.24, 2.45) is 0 Å². The molecule has 2 N–H and O–H groups in total. The molecule has 78 valence electrons. The summed E-state index contributed by atoms with van der Waals surface area (Å²) >= 11 is 2.25. The monoisotopic (exact) mass is 196 g/mol. The Kier molecular flexibility index (Phi) is 14.3. The molecule has 0 heterocycles. The first kappa shape index (κ1) is 16.0. The maximum absolute atomic E-state index is 9.43. The van der Waals surface area contributed by atoms with E-state index in [0.717, 1.165) is 0 Å². The van der Waals surface area contributed by atoms with Crippen LogP contribution >= 0.6 is 0 Å². The van der Waals surface area contributed by atoms with Crippen molar-refractivity contribution < 1.29 is 19.8 Å². The van der Waals surface area contributed by atoms with Gasteiger partial charge in [-0.05, 0) is 0 Å². The Morgan fingerprint density at radius 3 is 1.79 bits per heavy atom. The molecule has 0 aromatic carbocycles. The van der Waals surface area contributed by atoms with E-state index in [9.17, 15) is 9.59 Å². The summed E-state index contributed by atoms with van der Waals surface area (Å²) in [5.74, 6) is -2.62. The van der Waals surface area contributed by atoms with Crippen molar-refractivity contribution in [3.05, 3.63) is 0 Å². The third-order valence-corrected chi connectivity index (χ3v) is 1.51. The second-order valence-corrected chi connectivity index (χ2v) is 3.02. The summed E-state index contributed by atoms with van der Waals surface area (Å²) in [4.78, 5) is 18.9. The first-order valence-electron chi connectivity index (χ1n) is 4.98. The molecular weight excluding hydrogens is 179 g/mol. The van der Waals surface area contributed by atoms with Crippen LogP contribution in [0.2, 0.25) is 5.09 Å². The molecule has 0 radical (unpaired) electrons. The molecule has 0 fully saturated rings. The fourth-order valence-corrected chi connectivity index (χ4v) is 0.806. The Morgan fingerprint density at radius 1 is 1.07 bits per heavy atom. The molecule has 0 saturated heterocycles. The SMILES string of the molecule is O=C(O)CC(=O)O.[Li][CH2]CCCCC. The van der Waals surface area contributed by atoms with E-state index in [1.54, 1.807) is 0 Å². The van der Waals surface area contributed by atoms with Crippen molar-refractivity contribution in [2.45, 2.75) is 44.1 Å². The molecule has 0 bridgehead atoms. The van der Waals surface area contributed by atoms with Gasteiger partial charge in [0.05, 0.1) is 0 Å². The summed E-state index contributed by atoms with van der Waals surface area (Å²) < 4.78 is 0. The minimum absolute atomic E-state index is 0.806. The fraction of sp³-hybridized carbons (Fsp3) is 0.778. The van der Waals surface area contributed by atoms with Crippen molar-refractivity contribution in [1.82, 2.24) is 0 Å². The number of rotatable bonds is 6. The zero-order valence-corrected chi connectivity index (χ0v) is 8.95. The van der Waals surface area contributed by atoms with Gasteiger partial charge in [-0.25, -0.2) is 0 Å². The average molecular weight is 196 g/mol. The third-order valence-electron chi connectivity index (χ3n) is 1.51. The molecule has 4 nitrogen and oxygen atoms in total. The van der Waals surface area contributed by atoms with E-state index in [1.807, 2.05) is 0 Å². The van der Waals surface area contributed by atoms with E-state index >= 15 is 0 Å². The number of carboxylic acid groups (broad SMARTS) is 2. The van der Waals surface area contributed by atoms with Crippen LogP contribution in [0.4, 0.5) is 0 Å². The molecular formula is C9H17LiO4. The van der Waals surface area contributed by atoms with Gasteiger partial charge < -0.3 is 10.2 Å². The Labute approximate surface area is 93.9 Å². The summed E-state index contributed by atoms with van der Waals surface area (Å²) in [6.07, 6.45) is 4.84. The standard InChI is InChI=1S/C6H13.C3H4O4.Li/c1-3-5-6-4-2;4-2(5)1-3(6)7;/h1,3-6H2,2H3;1H2,(H,4,5)(H,6,7);. The van der Waals surface area contributed by atoms with Gasteiger partial charge in [0, 0.05) is 0 Å². The van der Waals surface area contributed by atoms with Crippen LogP contribution in [-0.2, 0) is 9.59 Å². The molecule has 0 aliphatic heterocycles. The molecule has 0 saturated carbocycles. The summed E-state index contributed by atoms with van der Waals surface area (Å²) in [7, 11) is 0. The topological polar surface area (TPSA) is 74.6 Å². The molecule has 0 amide bonds. The number of carbonyl (C=O) groups is 2. The van der Waals surface area contributed by atoms with Gasteiger partial charge in [-0.1, -0.05) is 0 Å². The second-order valence-electron chi connectivity index (χ2n) is 3.02. The summed E-state index contributed by atoms with van der Waals surface area (Å²) in [5, 5.41) is 16.8. The van der Waals surface area contributed by atoms with Crippen LogP contribution in [-0.4, -0.2) is 39.9 Å². The van der Waals surface area contributed by atoms with E-state index in [4.69, 9.17) is 10.2 Å². The molecule has 0 atom stereocenters. The van der Waals surface area contributed by atoms with E-state index < -0.39 is 18.4 Å². The van der Waals surface area contributed by atoms with E-state index in [2.05, 4.69) is 24.6 Å². The zero-order chi connectivity index (χ0) is 11.4. The van der Waals surface area contributed by atoms with Crippen LogP contribution in [0.3, 0.4) is 0 Å². The fourth-order valence-electron chi connectivity index (χ4n) is 0.806. The predicted molar refractivity (Wildman–Crippen MR) is 54.6 cm³/mol. The van der Waals surface area contributed by atoms with Gasteiger partial charge in [0.2, 0.25) is 0 Å². The van der Waals surface area contributed by atoms with E-state index in [-0.39, 0.29) is 0 Å². The maximum atomic E-state index is 9.43. The van der Waals surface area contributed by atoms with Crippen molar-refractivity contribution in [2.75, 3.05) is 0 Å². The third kappa shape index (κ3) is 22.5. The normalized spacial score (nSPS) is 8.79. The van der Waals surface area contributed by atoms with Crippen LogP contribution in [0.5, 0.6) is 0 Å². The Bertz CT molecular complexity index is 143. The van der Waals surface area contributed by atoms with Crippen LogP contribution < -0.4 is 0 Å². The summed E-state index contributed by atoms with van der Waals surface area (Å²) in [6.45, 7) is 2.25. The Balaban J connectivity index is 0. The number of carboxylic acids is 2. The van der Waals surface area contributed by atoms with Gasteiger partial charge >= 0.3 is 67.4 Å². The van der Waals surface area contributed by atoms with Gasteiger partial charge in [0.15, 0.2) is 0 Å². The first-order chi connectivity index (χ1) is 6.54. The molecule has 0 unspecified atom stereocenters. The molecule has 0 spiro atoms. The number of aliphatic carboxylic acids is 2. The van der Waals surface area contributed by atoms with E-state index in [1.165, 1.54) is 30.8 Å². The van der Waals surface area contributed by atoms with E-state index in [0.29, 0.717) is 0 Å². The summed E-state index contributed by atoms with van der Waals surface area (Å²) in [5.41, 5.74) is 0. The number of unbranched alkanes of at least 4 members (excludes halogenated alkanes) is 3. The quantitative estimate of drug-likeness (QED) is 0.385. The molecule has 0 aliphatic carbocycles. The van der Waals surface area contributed by atoms with Gasteiger partial charge in [0.25, 0.3) is 0 Å². The van der Waals surface area contributed by atoms with Gasteiger partial charge in [-0.2, -0.15) is 0 Å². The van der Waals surface area contributed by atoms with Crippen LogP contribution in [0.15, 0.2) is 0 Å². The average Bonchev–Trinajstić information content (AvgIpc) is 2.04. The molecule has 0 aromatic rings. The molecule has 5 heteroatoms. The van der Waals surface area contributed by atoms with Gasteiger partial charge in [0.1, 0.15) is 6.42 Å². The second kappa shape index (κ2) is 12.5. The van der Waals surface area contributed by atoms with Crippen LogP contribution in [0.25, 0.3) is 0 Å². The summed E-state index contributed by atoms with van der Waals surface area (Å²) in [6, 6.07) is 0. The van der Waals surface area contributed by atoms with Gasteiger partial charge in [-0.15, -0.1) is 0 Å². The zero-order valence-electron chi connectivity index (χ0n) is 8.95. The predicted octanol–water partition coefficient (Wildman–Crippen LogP) is 1.70. The van der Waals surface area contributed by atoms with Crippen molar-refractivity contribution >= 4 is 29.7 Å². The van der Waals surface area contributed by atoms with Gasteiger partial charge in [-0.3, -0.25) is 9.59 Å². The Morgan fingerprint density at radius 2 is 1.57 bits per heavy atom. The Hall–Kier alpha value is -0.463. The molecule has 0 rings (SSSR count). The van der Waals surface area contributed by atoms with Crippen molar-refractivity contribution in [3.63, 3.8) is 0 Å². The van der Waals surface area contributed by atoms with Crippen LogP contribution in [0.1, 0.15) is 39.0 Å². The van der Waals surface area contributed by atoms with Crippen molar-refractivity contribution in [1.29, 1.82) is 0 Å². The minimum atomic E-state index is -1.31. The first-order valence-corrected chi connectivity index (χ1v) is 4.98. The van der Waals surface area contributed by atoms with Crippen LogP contribution in [0, 0.1) is 0 Å². The molecule has 14 heavy (non-hydrogen) atoms.